The van der Waals surface area contributed by atoms with E-state index in [1.54, 1.807) is 0 Å². The van der Waals surface area contributed by atoms with Crippen molar-refractivity contribution in [1.82, 2.24) is 20.1 Å². The highest BCUT2D eigenvalue weighted by Crippen LogP contribution is 2.24. The van der Waals surface area contributed by atoms with Crippen LogP contribution in [0.3, 0.4) is 0 Å². The Kier molecular flexibility index (Phi) is 7.88. The van der Waals surface area contributed by atoms with Crippen LogP contribution in [-0.2, 0) is 11.2 Å². The minimum Gasteiger partial charge on any atom is -0.356 e. The van der Waals surface area contributed by atoms with Crippen molar-refractivity contribution < 1.29 is 9.59 Å². The van der Waals surface area contributed by atoms with Gasteiger partial charge in [-0.3, -0.25) is 14.2 Å². The highest BCUT2D eigenvalue weighted by atomic mass is 32.2. The highest BCUT2D eigenvalue weighted by Gasteiger charge is 2.16. The zero-order chi connectivity index (χ0) is 23.8. The Morgan fingerprint density at radius 2 is 1.50 bits per heavy atom. The fourth-order valence-electron chi connectivity index (χ4n) is 3.60. The lowest BCUT2D eigenvalue weighted by Crippen LogP contribution is -2.21. The number of aromatic nitrogens is 3. The largest absolute Gasteiger partial charge is 0.356 e. The number of hydrogen-bond donors (Lipinski definition) is 1. The maximum atomic E-state index is 12.9. The Labute approximate surface area is 203 Å². The van der Waals surface area contributed by atoms with Gasteiger partial charge in [-0.15, -0.1) is 10.2 Å². The molecule has 1 heterocycles. The van der Waals surface area contributed by atoms with Gasteiger partial charge in [0, 0.05) is 31.1 Å². The van der Waals surface area contributed by atoms with E-state index in [9.17, 15) is 9.59 Å². The van der Waals surface area contributed by atoms with Crippen LogP contribution in [-0.4, -0.2) is 38.8 Å². The molecule has 0 radical (unpaired) electrons. The van der Waals surface area contributed by atoms with Crippen LogP contribution in [0.5, 0.6) is 0 Å². The molecule has 1 N–H and O–H groups in total. The average molecular weight is 471 g/mol. The molecular formula is C27H26N4O2S. The van der Waals surface area contributed by atoms with E-state index in [0.29, 0.717) is 23.7 Å². The SMILES string of the molecule is CC(=O)NCCCc1nnc(SCC(=O)c2ccc(-c3ccccc3)cc2)n1-c1ccccc1. The number of nitrogens with zero attached hydrogens (tertiary/aromatic N) is 3. The van der Waals surface area contributed by atoms with Crippen molar-refractivity contribution in [2.45, 2.75) is 24.9 Å². The number of thioether (sulfide) groups is 1. The first-order chi connectivity index (χ1) is 16.6. The lowest BCUT2D eigenvalue weighted by Gasteiger charge is -2.10. The Morgan fingerprint density at radius 1 is 0.853 bits per heavy atom. The molecule has 172 valence electrons. The van der Waals surface area contributed by atoms with Gasteiger partial charge >= 0.3 is 0 Å². The molecular weight excluding hydrogens is 444 g/mol. The molecule has 6 nitrogen and oxygen atoms in total. The van der Waals surface area contributed by atoms with E-state index < -0.39 is 0 Å². The van der Waals surface area contributed by atoms with Gasteiger partial charge in [0.15, 0.2) is 10.9 Å². The summed E-state index contributed by atoms with van der Waals surface area (Å²) in [5.74, 6) is 1.07. The summed E-state index contributed by atoms with van der Waals surface area (Å²) in [4.78, 5) is 24.0. The number of Topliss-reactive ketones (excluding diaryl/α,β-unsaturated/α-hetero) is 1. The second-order valence-corrected chi connectivity index (χ2v) is 8.75. The van der Waals surface area contributed by atoms with Gasteiger partial charge in [-0.1, -0.05) is 84.6 Å². The Balaban J connectivity index is 1.45. The van der Waals surface area contributed by atoms with Crippen LogP contribution in [0.15, 0.2) is 90.1 Å². The molecule has 0 aliphatic rings. The number of aryl methyl sites for hydroxylation is 1. The summed E-state index contributed by atoms with van der Waals surface area (Å²) in [6.45, 7) is 2.09. The topological polar surface area (TPSA) is 76.9 Å². The summed E-state index contributed by atoms with van der Waals surface area (Å²) >= 11 is 1.38. The molecule has 0 aliphatic heterocycles. The molecule has 1 aromatic heterocycles. The van der Waals surface area contributed by atoms with Crippen LogP contribution in [0.1, 0.15) is 29.5 Å². The van der Waals surface area contributed by atoms with Crippen LogP contribution in [0.25, 0.3) is 16.8 Å². The predicted octanol–water partition coefficient (Wildman–Crippen LogP) is 4.98. The summed E-state index contributed by atoms with van der Waals surface area (Å²) in [6.07, 6.45) is 1.42. The molecule has 0 saturated heterocycles. The van der Waals surface area contributed by atoms with Crippen LogP contribution >= 0.6 is 11.8 Å². The third-order valence-corrected chi connectivity index (χ3v) is 6.24. The second kappa shape index (κ2) is 11.4. The molecule has 4 aromatic rings. The predicted molar refractivity (Wildman–Crippen MR) is 135 cm³/mol. The molecule has 0 spiro atoms. The van der Waals surface area contributed by atoms with Crippen LogP contribution in [0.4, 0.5) is 0 Å². The summed E-state index contributed by atoms with van der Waals surface area (Å²) < 4.78 is 1.99. The zero-order valence-corrected chi connectivity index (χ0v) is 19.8. The smallest absolute Gasteiger partial charge is 0.216 e. The van der Waals surface area contributed by atoms with Gasteiger partial charge in [-0.05, 0) is 29.7 Å². The number of para-hydroxylation sites is 1. The summed E-state index contributed by atoms with van der Waals surface area (Å²) in [5, 5.41) is 12.2. The quantitative estimate of drug-likeness (QED) is 0.201. The fraction of sp³-hybridized carbons (Fsp3) is 0.185. The summed E-state index contributed by atoms with van der Waals surface area (Å²) in [6, 6.07) is 27.7. The maximum absolute atomic E-state index is 12.9. The fourth-order valence-corrected chi connectivity index (χ4v) is 4.46. The van der Waals surface area contributed by atoms with E-state index >= 15 is 0 Å². The number of amides is 1. The molecule has 4 rings (SSSR count). The van der Waals surface area contributed by atoms with Gasteiger partial charge in [0.25, 0.3) is 0 Å². The summed E-state index contributed by atoms with van der Waals surface area (Å²) in [7, 11) is 0. The first-order valence-electron chi connectivity index (χ1n) is 11.2. The van der Waals surface area contributed by atoms with Crippen molar-refractivity contribution in [3.8, 4) is 16.8 Å². The van der Waals surface area contributed by atoms with Gasteiger partial charge in [0.2, 0.25) is 5.91 Å². The number of benzene rings is 3. The van der Waals surface area contributed by atoms with E-state index in [2.05, 4.69) is 27.6 Å². The van der Waals surface area contributed by atoms with Crippen molar-refractivity contribution in [2.75, 3.05) is 12.3 Å². The zero-order valence-electron chi connectivity index (χ0n) is 19.0. The maximum Gasteiger partial charge on any atom is 0.216 e. The van der Waals surface area contributed by atoms with E-state index in [1.807, 2.05) is 77.4 Å². The molecule has 1 amide bonds. The van der Waals surface area contributed by atoms with E-state index in [-0.39, 0.29) is 17.4 Å². The van der Waals surface area contributed by atoms with Gasteiger partial charge < -0.3 is 5.32 Å². The number of carbonyl (C=O) groups is 2. The Hall–Kier alpha value is -3.71. The monoisotopic (exact) mass is 470 g/mol. The van der Waals surface area contributed by atoms with Gasteiger partial charge in [-0.2, -0.15) is 0 Å². The second-order valence-electron chi connectivity index (χ2n) is 7.81. The summed E-state index contributed by atoms with van der Waals surface area (Å²) in [5.41, 5.74) is 3.83. The number of carbonyl (C=O) groups excluding carboxylic acids is 2. The number of ketones is 1. The average Bonchev–Trinajstić information content (AvgIpc) is 3.29. The first kappa shape index (κ1) is 23.4. The normalized spacial score (nSPS) is 10.7. The van der Waals surface area contributed by atoms with Crippen molar-refractivity contribution in [2.24, 2.45) is 0 Å². The van der Waals surface area contributed by atoms with E-state index in [4.69, 9.17) is 0 Å². The standard InChI is InChI=1S/C27H26N4O2S/c1-20(32)28-18-8-13-26-29-30-27(31(26)24-11-6-3-7-12-24)34-19-25(33)23-16-14-22(15-17-23)21-9-4-2-5-10-21/h2-7,9-12,14-17H,8,13,18-19H2,1H3,(H,28,32). The molecule has 7 heteroatoms. The van der Waals surface area contributed by atoms with Crippen LogP contribution in [0, 0.1) is 0 Å². The molecule has 34 heavy (non-hydrogen) atoms. The van der Waals surface area contributed by atoms with E-state index in [1.165, 1.54) is 18.7 Å². The van der Waals surface area contributed by atoms with Gasteiger partial charge in [-0.25, -0.2) is 0 Å². The molecule has 0 aliphatic carbocycles. The molecule has 0 fully saturated rings. The Bertz CT molecular complexity index is 1240. The first-order valence-corrected chi connectivity index (χ1v) is 12.2. The van der Waals surface area contributed by atoms with Gasteiger partial charge in [0.05, 0.1) is 5.75 Å². The number of rotatable bonds is 10. The van der Waals surface area contributed by atoms with E-state index in [0.717, 1.165) is 29.1 Å². The minimum absolute atomic E-state index is 0.0411. The number of nitrogens with one attached hydrogen (secondary N) is 1. The van der Waals surface area contributed by atoms with Crippen molar-refractivity contribution in [1.29, 1.82) is 0 Å². The molecule has 0 atom stereocenters. The lowest BCUT2D eigenvalue weighted by molar-refractivity contribution is -0.118. The van der Waals surface area contributed by atoms with Crippen molar-refractivity contribution >= 4 is 23.5 Å². The lowest BCUT2D eigenvalue weighted by atomic mass is 10.0. The number of hydrogen-bond acceptors (Lipinski definition) is 5. The van der Waals surface area contributed by atoms with Crippen molar-refractivity contribution in [3.05, 3.63) is 96.3 Å². The minimum atomic E-state index is -0.0453. The third kappa shape index (κ3) is 5.99. The molecule has 3 aromatic carbocycles. The Morgan fingerprint density at radius 3 is 2.18 bits per heavy atom. The van der Waals surface area contributed by atoms with Crippen LogP contribution < -0.4 is 5.32 Å². The highest BCUT2D eigenvalue weighted by molar-refractivity contribution is 7.99. The third-order valence-electron chi connectivity index (χ3n) is 5.31. The van der Waals surface area contributed by atoms with Crippen molar-refractivity contribution in [3.63, 3.8) is 0 Å². The van der Waals surface area contributed by atoms with Crippen LogP contribution in [0.2, 0.25) is 0 Å². The van der Waals surface area contributed by atoms with Gasteiger partial charge in [0.1, 0.15) is 5.82 Å². The molecule has 0 bridgehead atoms. The molecule has 0 saturated carbocycles. The molecule has 0 unspecified atom stereocenters.